The number of hydrogen-bond acceptors (Lipinski definition) is 2. The third-order valence-corrected chi connectivity index (χ3v) is 3.60. The van der Waals surface area contributed by atoms with Crippen molar-refractivity contribution in [1.82, 2.24) is 5.32 Å². The van der Waals surface area contributed by atoms with Gasteiger partial charge in [-0.2, -0.15) is 0 Å². The van der Waals surface area contributed by atoms with Crippen molar-refractivity contribution in [3.8, 4) is 0 Å². The van der Waals surface area contributed by atoms with Crippen molar-refractivity contribution in [1.29, 1.82) is 0 Å². The Hall–Kier alpha value is -0.640. The van der Waals surface area contributed by atoms with Gasteiger partial charge in [-0.3, -0.25) is 0 Å². The summed E-state index contributed by atoms with van der Waals surface area (Å²) < 4.78 is 19.1. The molecule has 1 aromatic rings. The van der Waals surface area contributed by atoms with Crippen LogP contribution in [-0.2, 0) is 11.2 Å². The first kappa shape index (κ1) is 16.4. The van der Waals surface area contributed by atoms with Crippen LogP contribution in [0.3, 0.4) is 0 Å². The fourth-order valence-corrected chi connectivity index (χ4v) is 2.48. The third-order valence-electron chi connectivity index (χ3n) is 3.23. The summed E-state index contributed by atoms with van der Waals surface area (Å²) in [6.45, 7) is 6.89. The molecule has 0 fully saturated rings. The van der Waals surface area contributed by atoms with Crippen LogP contribution in [0.25, 0.3) is 0 Å². The van der Waals surface area contributed by atoms with E-state index in [2.05, 4.69) is 19.2 Å². The highest BCUT2D eigenvalue weighted by Crippen LogP contribution is 2.22. The van der Waals surface area contributed by atoms with E-state index < -0.39 is 0 Å². The number of benzene rings is 1. The van der Waals surface area contributed by atoms with E-state index in [1.54, 1.807) is 6.07 Å². The number of halogens is 2. The zero-order chi connectivity index (χ0) is 14.4. The molecule has 0 aromatic heterocycles. The predicted octanol–water partition coefficient (Wildman–Crippen LogP) is 3.67. The molecule has 0 bridgehead atoms. The zero-order valence-corrected chi connectivity index (χ0v) is 12.8. The van der Waals surface area contributed by atoms with Crippen LogP contribution in [0.15, 0.2) is 18.2 Å². The highest BCUT2D eigenvalue weighted by atomic mass is 35.5. The molecular formula is C15H23ClFNO. The molecule has 4 heteroatoms. The molecule has 0 aliphatic carbocycles. The van der Waals surface area contributed by atoms with Gasteiger partial charge in [-0.05, 0) is 50.1 Å². The van der Waals surface area contributed by atoms with Gasteiger partial charge in [-0.25, -0.2) is 4.39 Å². The van der Waals surface area contributed by atoms with Gasteiger partial charge >= 0.3 is 0 Å². The van der Waals surface area contributed by atoms with Gasteiger partial charge in [0.05, 0.1) is 6.10 Å². The van der Waals surface area contributed by atoms with E-state index in [9.17, 15) is 4.39 Å². The summed E-state index contributed by atoms with van der Waals surface area (Å²) in [4.78, 5) is 0. The number of likely N-dealkylation sites (N-methyl/N-ethyl adjacent to an activating group) is 1. The van der Waals surface area contributed by atoms with Crippen LogP contribution in [0.4, 0.5) is 4.39 Å². The first-order chi connectivity index (χ1) is 8.99. The number of ether oxygens (including phenoxy) is 1. The molecule has 1 rings (SSSR count). The second kappa shape index (κ2) is 7.83. The van der Waals surface area contributed by atoms with Crippen LogP contribution in [0.5, 0.6) is 0 Å². The van der Waals surface area contributed by atoms with E-state index in [0.717, 1.165) is 5.56 Å². The Kier molecular flexibility index (Phi) is 6.76. The topological polar surface area (TPSA) is 21.3 Å². The van der Waals surface area contributed by atoms with Crippen LogP contribution >= 0.6 is 11.6 Å². The molecule has 2 nitrogen and oxygen atoms in total. The predicted molar refractivity (Wildman–Crippen MR) is 78.2 cm³/mol. The average molecular weight is 288 g/mol. The standard InChI is InChI=1S/C15H23ClFNO/c1-5-19-15(10(2)3)14(18-4)9-11-8-12(17)6-7-13(11)16/h6-8,10,14-15,18H,5,9H2,1-4H3. The Morgan fingerprint density at radius 2 is 2.05 bits per heavy atom. The van der Waals surface area contributed by atoms with Gasteiger partial charge in [0.15, 0.2) is 0 Å². The normalized spacial score (nSPS) is 14.7. The smallest absolute Gasteiger partial charge is 0.123 e. The maximum Gasteiger partial charge on any atom is 0.123 e. The maximum absolute atomic E-state index is 13.3. The van der Waals surface area contributed by atoms with E-state index in [1.807, 2.05) is 14.0 Å². The molecule has 108 valence electrons. The summed E-state index contributed by atoms with van der Waals surface area (Å²) in [5, 5.41) is 3.86. The summed E-state index contributed by atoms with van der Waals surface area (Å²) in [6, 6.07) is 4.59. The first-order valence-corrected chi connectivity index (χ1v) is 7.10. The monoisotopic (exact) mass is 287 g/mol. The third kappa shape index (κ3) is 4.75. The molecule has 19 heavy (non-hydrogen) atoms. The van der Waals surface area contributed by atoms with Crippen LogP contribution < -0.4 is 5.32 Å². The highest BCUT2D eigenvalue weighted by molar-refractivity contribution is 6.31. The number of nitrogens with one attached hydrogen (secondary N) is 1. The van der Waals surface area contributed by atoms with Crippen molar-refractivity contribution in [2.75, 3.05) is 13.7 Å². The summed E-state index contributed by atoms with van der Waals surface area (Å²) >= 11 is 6.12. The van der Waals surface area contributed by atoms with Gasteiger partial charge < -0.3 is 10.1 Å². The number of rotatable bonds is 7. The van der Waals surface area contributed by atoms with Gasteiger partial charge in [0.1, 0.15) is 5.82 Å². The van der Waals surface area contributed by atoms with E-state index >= 15 is 0 Å². The van der Waals surface area contributed by atoms with E-state index in [4.69, 9.17) is 16.3 Å². The lowest BCUT2D eigenvalue weighted by Crippen LogP contribution is -2.44. The zero-order valence-electron chi connectivity index (χ0n) is 12.0. The first-order valence-electron chi connectivity index (χ1n) is 6.72. The molecule has 0 spiro atoms. The molecule has 1 aromatic carbocycles. The Morgan fingerprint density at radius 1 is 1.37 bits per heavy atom. The molecule has 1 N–H and O–H groups in total. The average Bonchev–Trinajstić information content (AvgIpc) is 2.37. The van der Waals surface area contributed by atoms with E-state index in [0.29, 0.717) is 24.0 Å². The second-order valence-electron chi connectivity index (χ2n) is 5.00. The lowest BCUT2D eigenvalue weighted by molar-refractivity contribution is 0.00534. The van der Waals surface area contributed by atoms with E-state index in [1.165, 1.54) is 12.1 Å². The largest absolute Gasteiger partial charge is 0.377 e. The molecule has 0 heterocycles. The molecule has 0 aliphatic rings. The van der Waals surface area contributed by atoms with Gasteiger partial charge in [0, 0.05) is 17.7 Å². The molecule has 0 radical (unpaired) electrons. The minimum atomic E-state index is -0.258. The Morgan fingerprint density at radius 3 is 2.58 bits per heavy atom. The van der Waals surface area contributed by atoms with Crippen LogP contribution in [0.2, 0.25) is 5.02 Å². The Labute approximate surface area is 120 Å². The molecule has 0 aliphatic heterocycles. The highest BCUT2D eigenvalue weighted by Gasteiger charge is 2.24. The van der Waals surface area contributed by atoms with Crippen molar-refractivity contribution < 1.29 is 9.13 Å². The molecule has 2 atom stereocenters. The fourth-order valence-electron chi connectivity index (χ4n) is 2.28. The van der Waals surface area contributed by atoms with Gasteiger partial charge in [-0.1, -0.05) is 25.4 Å². The number of hydrogen-bond donors (Lipinski definition) is 1. The summed E-state index contributed by atoms with van der Waals surface area (Å²) in [6.07, 6.45) is 0.727. The summed E-state index contributed by atoms with van der Waals surface area (Å²) in [5.74, 6) is 0.122. The van der Waals surface area contributed by atoms with Crippen LogP contribution in [0, 0.1) is 11.7 Å². The van der Waals surface area contributed by atoms with Crippen LogP contribution in [0.1, 0.15) is 26.3 Å². The van der Waals surface area contributed by atoms with E-state index in [-0.39, 0.29) is 18.0 Å². The quantitative estimate of drug-likeness (QED) is 0.826. The minimum absolute atomic E-state index is 0.0781. The second-order valence-corrected chi connectivity index (χ2v) is 5.41. The van der Waals surface area contributed by atoms with Gasteiger partial charge in [0.25, 0.3) is 0 Å². The van der Waals surface area contributed by atoms with Crippen molar-refractivity contribution in [3.05, 3.63) is 34.6 Å². The fraction of sp³-hybridized carbons (Fsp3) is 0.600. The lowest BCUT2D eigenvalue weighted by Gasteiger charge is -2.30. The maximum atomic E-state index is 13.3. The molecule has 0 saturated heterocycles. The molecule has 0 saturated carbocycles. The van der Waals surface area contributed by atoms with Gasteiger partial charge in [0.2, 0.25) is 0 Å². The van der Waals surface area contributed by atoms with Crippen molar-refractivity contribution >= 4 is 11.6 Å². The van der Waals surface area contributed by atoms with Crippen molar-refractivity contribution in [3.63, 3.8) is 0 Å². The summed E-state index contributed by atoms with van der Waals surface area (Å²) in [5.41, 5.74) is 0.811. The summed E-state index contributed by atoms with van der Waals surface area (Å²) in [7, 11) is 1.90. The van der Waals surface area contributed by atoms with Crippen LogP contribution in [-0.4, -0.2) is 25.8 Å². The van der Waals surface area contributed by atoms with Gasteiger partial charge in [-0.15, -0.1) is 0 Å². The SMILES string of the molecule is CCOC(C(C)C)C(Cc1cc(F)ccc1Cl)NC. The Balaban J connectivity index is 2.88. The molecular weight excluding hydrogens is 265 g/mol. The minimum Gasteiger partial charge on any atom is -0.377 e. The molecule has 0 amide bonds. The van der Waals surface area contributed by atoms with Crippen molar-refractivity contribution in [2.24, 2.45) is 5.92 Å². The van der Waals surface area contributed by atoms with Crippen molar-refractivity contribution in [2.45, 2.75) is 39.3 Å². The lowest BCUT2D eigenvalue weighted by atomic mass is 9.94. The molecule has 2 unspecified atom stereocenters. The Bertz CT molecular complexity index is 398.